The number of hydrogen-bond acceptors (Lipinski definition) is 3. The number of rotatable bonds is 7. The Morgan fingerprint density at radius 1 is 0.885 bits per heavy atom. The molecular formula is C22H22N2O2. The summed E-state index contributed by atoms with van der Waals surface area (Å²) in [5.41, 5.74) is 2.84. The third-order valence-electron chi connectivity index (χ3n) is 3.95. The fourth-order valence-electron chi connectivity index (χ4n) is 2.51. The molecule has 1 amide bonds. The van der Waals surface area contributed by atoms with Crippen LogP contribution in [0.25, 0.3) is 0 Å². The third-order valence-corrected chi connectivity index (χ3v) is 3.95. The van der Waals surface area contributed by atoms with Crippen molar-refractivity contribution in [3.05, 3.63) is 84.4 Å². The number of benzene rings is 3. The van der Waals surface area contributed by atoms with Crippen molar-refractivity contribution >= 4 is 17.3 Å². The van der Waals surface area contributed by atoms with E-state index in [1.165, 1.54) is 5.56 Å². The van der Waals surface area contributed by atoms with Crippen molar-refractivity contribution in [2.45, 2.75) is 13.3 Å². The highest BCUT2D eigenvalue weighted by Gasteiger charge is 2.08. The summed E-state index contributed by atoms with van der Waals surface area (Å²) < 4.78 is 5.86. The molecule has 0 atom stereocenters. The maximum absolute atomic E-state index is 12.3. The van der Waals surface area contributed by atoms with Gasteiger partial charge >= 0.3 is 0 Å². The molecule has 3 aromatic carbocycles. The van der Waals surface area contributed by atoms with Gasteiger partial charge in [-0.05, 0) is 48.4 Å². The van der Waals surface area contributed by atoms with Gasteiger partial charge in [-0.1, -0.05) is 49.4 Å². The smallest absolute Gasteiger partial charge is 0.243 e. The largest absolute Gasteiger partial charge is 0.455 e. The Hall–Kier alpha value is -3.27. The molecule has 26 heavy (non-hydrogen) atoms. The van der Waals surface area contributed by atoms with E-state index < -0.39 is 0 Å². The molecule has 0 radical (unpaired) electrons. The highest BCUT2D eigenvalue weighted by atomic mass is 16.5. The Labute approximate surface area is 153 Å². The molecule has 0 fully saturated rings. The van der Waals surface area contributed by atoms with Crippen LogP contribution in [0.3, 0.4) is 0 Å². The molecule has 4 heteroatoms. The first-order chi connectivity index (χ1) is 12.7. The van der Waals surface area contributed by atoms with Crippen molar-refractivity contribution in [3.8, 4) is 11.5 Å². The minimum Gasteiger partial charge on any atom is -0.455 e. The summed E-state index contributed by atoms with van der Waals surface area (Å²) in [5, 5.41) is 6.03. The topological polar surface area (TPSA) is 50.4 Å². The van der Waals surface area contributed by atoms with Gasteiger partial charge in [0.2, 0.25) is 5.91 Å². The minimum atomic E-state index is -0.131. The summed E-state index contributed by atoms with van der Waals surface area (Å²) >= 11 is 0. The van der Waals surface area contributed by atoms with Crippen molar-refractivity contribution in [1.82, 2.24) is 0 Å². The Morgan fingerprint density at radius 2 is 1.58 bits per heavy atom. The Kier molecular flexibility index (Phi) is 5.88. The first kappa shape index (κ1) is 17.5. The molecule has 0 aliphatic heterocycles. The number of carbonyl (C=O) groups is 1. The zero-order chi connectivity index (χ0) is 18.2. The molecule has 0 spiro atoms. The molecule has 0 saturated heterocycles. The SMILES string of the molecule is CCc1ccc(NCC(=O)Nc2ccccc2Oc2ccccc2)cc1. The quantitative estimate of drug-likeness (QED) is 0.626. The second-order valence-electron chi connectivity index (χ2n) is 5.86. The van der Waals surface area contributed by atoms with Crippen molar-refractivity contribution in [2.75, 3.05) is 17.2 Å². The standard InChI is InChI=1S/C22H22N2O2/c1-2-17-12-14-18(15-13-17)23-16-22(25)24-20-10-6-7-11-21(20)26-19-8-4-3-5-9-19/h3-15,23H,2,16H2,1H3,(H,24,25). The lowest BCUT2D eigenvalue weighted by molar-refractivity contribution is -0.114. The lowest BCUT2D eigenvalue weighted by atomic mass is 10.1. The second-order valence-corrected chi connectivity index (χ2v) is 5.86. The maximum Gasteiger partial charge on any atom is 0.243 e. The predicted molar refractivity (Wildman–Crippen MR) is 106 cm³/mol. The third kappa shape index (κ3) is 4.86. The van der Waals surface area contributed by atoms with Crippen LogP contribution in [0.4, 0.5) is 11.4 Å². The van der Waals surface area contributed by atoms with E-state index in [4.69, 9.17) is 4.74 Å². The normalized spacial score (nSPS) is 10.2. The van der Waals surface area contributed by atoms with Crippen LogP contribution in [0.5, 0.6) is 11.5 Å². The van der Waals surface area contributed by atoms with E-state index in [1.54, 1.807) is 0 Å². The first-order valence-electron chi connectivity index (χ1n) is 8.69. The number of anilines is 2. The summed E-state index contributed by atoms with van der Waals surface area (Å²) in [6, 6.07) is 25.0. The van der Waals surface area contributed by atoms with Gasteiger partial charge in [0.05, 0.1) is 12.2 Å². The molecule has 132 valence electrons. The fraction of sp³-hybridized carbons (Fsp3) is 0.136. The maximum atomic E-state index is 12.3. The van der Waals surface area contributed by atoms with E-state index in [1.807, 2.05) is 66.7 Å². The summed E-state index contributed by atoms with van der Waals surface area (Å²) in [4.78, 5) is 12.3. The summed E-state index contributed by atoms with van der Waals surface area (Å²) in [7, 11) is 0. The Balaban J connectivity index is 1.60. The molecule has 0 saturated carbocycles. The van der Waals surface area contributed by atoms with Crippen molar-refractivity contribution in [3.63, 3.8) is 0 Å². The molecule has 3 rings (SSSR count). The van der Waals surface area contributed by atoms with E-state index in [9.17, 15) is 4.79 Å². The van der Waals surface area contributed by atoms with Crippen LogP contribution in [0.1, 0.15) is 12.5 Å². The molecule has 0 aliphatic carbocycles. The monoisotopic (exact) mass is 346 g/mol. The number of para-hydroxylation sites is 3. The van der Waals surface area contributed by atoms with Crippen LogP contribution in [-0.4, -0.2) is 12.5 Å². The molecule has 0 heterocycles. The summed E-state index contributed by atoms with van der Waals surface area (Å²) in [5.74, 6) is 1.20. The Bertz CT molecular complexity index is 846. The van der Waals surface area contributed by atoms with E-state index in [2.05, 4.69) is 29.7 Å². The molecule has 0 aliphatic rings. The van der Waals surface area contributed by atoms with Gasteiger partial charge in [-0.2, -0.15) is 0 Å². The highest BCUT2D eigenvalue weighted by molar-refractivity contribution is 5.95. The molecular weight excluding hydrogens is 324 g/mol. The van der Waals surface area contributed by atoms with Crippen LogP contribution in [0, 0.1) is 0 Å². The minimum absolute atomic E-state index is 0.131. The van der Waals surface area contributed by atoms with Crippen LogP contribution in [-0.2, 0) is 11.2 Å². The van der Waals surface area contributed by atoms with Gasteiger partial charge in [-0.15, -0.1) is 0 Å². The van der Waals surface area contributed by atoms with E-state index in [-0.39, 0.29) is 12.5 Å². The average molecular weight is 346 g/mol. The van der Waals surface area contributed by atoms with Crippen molar-refractivity contribution < 1.29 is 9.53 Å². The number of aryl methyl sites for hydroxylation is 1. The highest BCUT2D eigenvalue weighted by Crippen LogP contribution is 2.29. The van der Waals surface area contributed by atoms with E-state index >= 15 is 0 Å². The van der Waals surface area contributed by atoms with Crippen LogP contribution < -0.4 is 15.4 Å². The fourth-order valence-corrected chi connectivity index (χ4v) is 2.51. The van der Waals surface area contributed by atoms with Gasteiger partial charge in [-0.25, -0.2) is 0 Å². The second kappa shape index (κ2) is 8.72. The molecule has 0 unspecified atom stereocenters. The summed E-state index contributed by atoms with van der Waals surface area (Å²) in [6.45, 7) is 2.30. The number of ether oxygens (including phenoxy) is 1. The number of carbonyl (C=O) groups excluding carboxylic acids is 1. The molecule has 4 nitrogen and oxygen atoms in total. The molecule has 2 N–H and O–H groups in total. The zero-order valence-corrected chi connectivity index (χ0v) is 14.7. The van der Waals surface area contributed by atoms with Gasteiger partial charge in [0, 0.05) is 5.69 Å². The number of hydrogen-bond donors (Lipinski definition) is 2. The van der Waals surface area contributed by atoms with Gasteiger partial charge in [0.25, 0.3) is 0 Å². The zero-order valence-electron chi connectivity index (χ0n) is 14.7. The van der Waals surface area contributed by atoms with Gasteiger partial charge in [-0.3, -0.25) is 4.79 Å². The lowest BCUT2D eigenvalue weighted by Crippen LogP contribution is -2.22. The van der Waals surface area contributed by atoms with Gasteiger partial charge < -0.3 is 15.4 Å². The van der Waals surface area contributed by atoms with Crippen LogP contribution in [0.15, 0.2) is 78.9 Å². The predicted octanol–water partition coefficient (Wildman–Crippen LogP) is 5.09. The van der Waals surface area contributed by atoms with E-state index in [0.717, 1.165) is 17.9 Å². The van der Waals surface area contributed by atoms with Crippen molar-refractivity contribution in [2.24, 2.45) is 0 Å². The average Bonchev–Trinajstić information content (AvgIpc) is 2.69. The van der Waals surface area contributed by atoms with E-state index in [0.29, 0.717) is 11.4 Å². The molecule has 0 aromatic heterocycles. The Morgan fingerprint density at radius 3 is 2.31 bits per heavy atom. The first-order valence-corrected chi connectivity index (χ1v) is 8.69. The molecule has 3 aromatic rings. The molecule has 0 bridgehead atoms. The van der Waals surface area contributed by atoms with Gasteiger partial charge in [0.1, 0.15) is 5.75 Å². The lowest BCUT2D eigenvalue weighted by Gasteiger charge is -2.13. The number of nitrogens with one attached hydrogen (secondary N) is 2. The van der Waals surface area contributed by atoms with Crippen LogP contribution in [0.2, 0.25) is 0 Å². The number of amides is 1. The van der Waals surface area contributed by atoms with Crippen molar-refractivity contribution in [1.29, 1.82) is 0 Å². The summed E-state index contributed by atoms with van der Waals surface area (Å²) in [6.07, 6.45) is 0.999. The van der Waals surface area contributed by atoms with Gasteiger partial charge in [0.15, 0.2) is 5.75 Å². The van der Waals surface area contributed by atoms with Crippen LogP contribution >= 0.6 is 0 Å².